The Labute approximate surface area is 220 Å². The number of aliphatic imine (C=N–C) groups is 1. The third kappa shape index (κ3) is 10.2. The topological polar surface area (TPSA) is 221 Å². The molecule has 0 aromatic heterocycles. The lowest BCUT2D eigenvalue weighted by molar-refractivity contribution is -0.142. The lowest BCUT2D eigenvalue weighted by Crippen LogP contribution is -2.57. The Hall–Kier alpha value is -3.52. The van der Waals surface area contributed by atoms with Gasteiger partial charge in [0.25, 0.3) is 0 Å². The number of carbonyl (C=O) groups excluding carboxylic acids is 3. The van der Waals surface area contributed by atoms with E-state index in [1.54, 1.807) is 12.1 Å². The number of nitrogens with one attached hydrogen (secondary N) is 4. The molecule has 204 valence electrons. The number of amides is 3. The SMILES string of the molecule is NC(N)=NCCCC(NC(=O)C1CCCN1)C(=O)NC(CS)C(=O)NC(Cc1ccc(O)cc1)C(=O)O. The van der Waals surface area contributed by atoms with E-state index < -0.39 is 42.0 Å². The van der Waals surface area contributed by atoms with Crippen LogP contribution in [-0.2, 0) is 25.6 Å². The van der Waals surface area contributed by atoms with Gasteiger partial charge in [0, 0.05) is 18.7 Å². The van der Waals surface area contributed by atoms with Crippen LogP contribution >= 0.6 is 12.6 Å². The normalized spacial score (nSPS) is 17.2. The highest BCUT2D eigenvalue weighted by molar-refractivity contribution is 7.80. The minimum atomic E-state index is -1.28. The lowest BCUT2D eigenvalue weighted by atomic mass is 10.1. The van der Waals surface area contributed by atoms with Crippen molar-refractivity contribution in [3.63, 3.8) is 0 Å². The summed E-state index contributed by atoms with van der Waals surface area (Å²) in [6.45, 7) is 0.952. The summed E-state index contributed by atoms with van der Waals surface area (Å²) in [5.74, 6) is -3.12. The van der Waals surface area contributed by atoms with Crippen molar-refractivity contribution in [2.75, 3.05) is 18.8 Å². The largest absolute Gasteiger partial charge is 0.508 e. The van der Waals surface area contributed by atoms with E-state index in [1.807, 2.05) is 0 Å². The number of hydrogen-bond acceptors (Lipinski definition) is 8. The third-order valence-electron chi connectivity index (χ3n) is 5.76. The fourth-order valence-electron chi connectivity index (χ4n) is 3.76. The van der Waals surface area contributed by atoms with Crippen molar-refractivity contribution in [3.8, 4) is 5.75 Å². The number of phenols is 1. The molecule has 10 N–H and O–H groups in total. The van der Waals surface area contributed by atoms with Crippen LogP contribution < -0.4 is 32.7 Å². The van der Waals surface area contributed by atoms with Crippen LogP contribution in [0.1, 0.15) is 31.2 Å². The summed E-state index contributed by atoms with van der Waals surface area (Å²) >= 11 is 4.14. The zero-order valence-electron chi connectivity index (χ0n) is 20.4. The van der Waals surface area contributed by atoms with Crippen molar-refractivity contribution in [3.05, 3.63) is 29.8 Å². The van der Waals surface area contributed by atoms with Crippen LogP contribution in [0.2, 0.25) is 0 Å². The average molecular weight is 538 g/mol. The summed E-state index contributed by atoms with van der Waals surface area (Å²) in [6.07, 6.45) is 2.05. The molecule has 0 bridgehead atoms. The molecule has 3 amide bonds. The molecule has 13 nitrogen and oxygen atoms in total. The maximum atomic E-state index is 13.1. The molecular formula is C23H35N7O6S. The Kier molecular flexibility index (Phi) is 12.0. The summed E-state index contributed by atoms with van der Waals surface area (Å²) in [5, 5.41) is 29.7. The number of nitrogens with two attached hydrogens (primary N) is 2. The number of carboxylic acid groups (broad SMARTS) is 1. The van der Waals surface area contributed by atoms with E-state index in [9.17, 15) is 29.4 Å². The van der Waals surface area contributed by atoms with Crippen LogP contribution in [0.25, 0.3) is 0 Å². The fourth-order valence-corrected chi connectivity index (χ4v) is 4.02. The number of thiol groups is 1. The number of aliphatic carboxylic acids is 1. The van der Waals surface area contributed by atoms with Crippen molar-refractivity contribution in [2.45, 2.75) is 56.3 Å². The van der Waals surface area contributed by atoms with E-state index in [-0.39, 0.29) is 42.8 Å². The number of aromatic hydroxyl groups is 1. The number of rotatable bonds is 14. The summed E-state index contributed by atoms with van der Waals surface area (Å²) in [6, 6.07) is 2.11. The van der Waals surface area contributed by atoms with Crippen molar-refractivity contribution in [1.82, 2.24) is 21.3 Å². The van der Waals surface area contributed by atoms with Gasteiger partial charge >= 0.3 is 5.97 Å². The van der Waals surface area contributed by atoms with Gasteiger partial charge in [-0.2, -0.15) is 12.6 Å². The Bertz CT molecular complexity index is 965. The first-order valence-electron chi connectivity index (χ1n) is 11.9. The Morgan fingerprint density at radius 1 is 1.05 bits per heavy atom. The van der Waals surface area contributed by atoms with Gasteiger partial charge in [-0.15, -0.1) is 0 Å². The van der Waals surface area contributed by atoms with Gasteiger partial charge in [-0.1, -0.05) is 12.1 Å². The molecule has 1 aliphatic rings. The minimum absolute atomic E-state index is 0.0289. The maximum absolute atomic E-state index is 13.1. The quantitative estimate of drug-likeness (QED) is 0.0565. The molecule has 4 unspecified atom stereocenters. The van der Waals surface area contributed by atoms with Crippen molar-refractivity contribution >= 4 is 42.3 Å². The van der Waals surface area contributed by atoms with Crippen LogP contribution in [0.5, 0.6) is 5.75 Å². The van der Waals surface area contributed by atoms with Crippen LogP contribution in [0.15, 0.2) is 29.3 Å². The van der Waals surface area contributed by atoms with Crippen molar-refractivity contribution in [1.29, 1.82) is 0 Å². The number of benzene rings is 1. The highest BCUT2D eigenvalue weighted by Gasteiger charge is 2.31. The zero-order chi connectivity index (χ0) is 27.4. The predicted octanol–water partition coefficient (Wildman–Crippen LogP) is -1.79. The van der Waals surface area contributed by atoms with Gasteiger partial charge in [0.1, 0.15) is 23.9 Å². The number of guanidine groups is 1. The van der Waals surface area contributed by atoms with Crippen molar-refractivity contribution < 1.29 is 29.4 Å². The second-order valence-electron chi connectivity index (χ2n) is 8.67. The smallest absolute Gasteiger partial charge is 0.326 e. The van der Waals surface area contributed by atoms with Crippen LogP contribution in [0, 0.1) is 0 Å². The van der Waals surface area contributed by atoms with Gasteiger partial charge in [0.2, 0.25) is 17.7 Å². The summed E-state index contributed by atoms with van der Waals surface area (Å²) in [5.41, 5.74) is 11.2. The Morgan fingerprint density at radius 2 is 1.70 bits per heavy atom. The first-order valence-corrected chi connectivity index (χ1v) is 12.6. The molecule has 1 heterocycles. The van der Waals surface area contributed by atoms with Crippen LogP contribution in [0.4, 0.5) is 0 Å². The predicted molar refractivity (Wildman–Crippen MR) is 140 cm³/mol. The van der Waals surface area contributed by atoms with Crippen LogP contribution in [-0.4, -0.2) is 82.9 Å². The number of carboxylic acids is 1. The zero-order valence-corrected chi connectivity index (χ0v) is 21.2. The van der Waals surface area contributed by atoms with E-state index in [2.05, 4.69) is 38.9 Å². The minimum Gasteiger partial charge on any atom is -0.508 e. The van der Waals surface area contributed by atoms with E-state index in [0.29, 0.717) is 24.9 Å². The molecule has 0 saturated carbocycles. The number of hydrogen-bond donors (Lipinski definition) is 9. The standard InChI is InChI=1S/C23H35N7O6S/c24-23(25)27-10-2-4-16(28-19(32)15-3-1-9-26-15)20(33)30-18(12-37)21(34)29-17(22(35)36)11-13-5-7-14(31)8-6-13/h5-8,15-18,26,31,37H,1-4,9-12H2,(H,28,32)(H,29,34)(H,30,33)(H,35,36)(H4,24,25,27). The first-order chi connectivity index (χ1) is 17.6. The average Bonchev–Trinajstić information content (AvgIpc) is 3.40. The van der Waals surface area contributed by atoms with Gasteiger partial charge in [-0.25, -0.2) is 4.79 Å². The second-order valence-corrected chi connectivity index (χ2v) is 9.04. The number of carbonyl (C=O) groups is 4. The molecular weight excluding hydrogens is 502 g/mol. The maximum Gasteiger partial charge on any atom is 0.326 e. The van der Waals surface area contributed by atoms with Gasteiger partial charge in [-0.3, -0.25) is 19.4 Å². The molecule has 1 saturated heterocycles. The molecule has 1 fully saturated rings. The number of nitrogens with zero attached hydrogens (tertiary/aromatic N) is 1. The number of phenolic OH excluding ortho intramolecular Hbond substituents is 1. The molecule has 0 radical (unpaired) electrons. The molecule has 0 spiro atoms. The van der Waals surface area contributed by atoms with E-state index >= 15 is 0 Å². The van der Waals surface area contributed by atoms with Gasteiger partial charge < -0.3 is 42.9 Å². The molecule has 1 aliphatic heterocycles. The molecule has 0 aliphatic carbocycles. The molecule has 2 rings (SSSR count). The molecule has 1 aromatic carbocycles. The second kappa shape index (κ2) is 14.9. The van der Waals surface area contributed by atoms with Crippen LogP contribution in [0.3, 0.4) is 0 Å². The van der Waals surface area contributed by atoms with Crippen molar-refractivity contribution in [2.24, 2.45) is 16.5 Å². The highest BCUT2D eigenvalue weighted by atomic mass is 32.1. The summed E-state index contributed by atoms with van der Waals surface area (Å²) < 4.78 is 0. The van der Waals surface area contributed by atoms with E-state index in [1.165, 1.54) is 12.1 Å². The summed E-state index contributed by atoms with van der Waals surface area (Å²) in [4.78, 5) is 54.1. The van der Waals surface area contributed by atoms with Gasteiger partial charge in [0.15, 0.2) is 5.96 Å². The third-order valence-corrected chi connectivity index (χ3v) is 6.13. The van der Waals surface area contributed by atoms with E-state index in [0.717, 1.165) is 6.42 Å². The summed E-state index contributed by atoms with van der Waals surface area (Å²) in [7, 11) is 0. The first kappa shape index (κ1) is 29.7. The molecule has 14 heteroatoms. The monoisotopic (exact) mass is 537 g/mol. The fraction of sp³-hybridized carbons (Fsp3) is 0.522. The molecule has 37 heavy (non-hydrogen) atoms. The van der Waals surface area contributed by atoms with Gasteiger partial charge in [-0.05, 0) is 49.9 Å². The Balaban J connectivity index is 2.04. The molecule has 4 atom stereocenters. The van der Waals surface area contributed by atoms with E-state index in [4.69, 9.17) is 11.5 Å². The molecule has 1 aromatic rings. The Morgan fingerprint density at radius 3 is 2.27 bits per heavy atom. The highest BCUT2D eigenvalue weighted by Crippen LogP contribution is 2.12. The van der Waals surface area contributed by atoms with Gasteiger partial charge in [0.05, 0.1) is 6.04 Å². The lowest BCUT2D eigenvalue weighted by Gasteiger charge is -2.24.